The molecule has 0 fully saturated rings. The average molecular weight is 354 g/mol. The van der Waals surface area contributed by atoms with E-state index in [-0.39, 0.29) is 0 Å². The minimum Gasteiger partial charge on any atom is -0.497 e. The SMILES string of the molecule is CCc1c(-c2ccccc2)oc(-c2ccc(OC)cc2)c1-c1ccccc1. The first-order chi connectivity index (χ1) is 13.3. The first-order valence-electron chi connectivity index (χ1n) is 9.22. The zero-order chi connectivity index (χ0) is 18.6. The number of ether oxygens (including phenoxy) is 1. The summed E-state index contributed by atoms with van der Waals surface area (Å²) in [6.07, 6.45) is 0.897. The van der Waals surface area contributed by atoms with Crippen molar-refractivity contribution in [2.45, 2.75) is 13.3 Å². The van der Waals surface area contributed by atoms with Crippen molar-refractivity contribution in [3.63, 3.8) is 0 Å². The Bertz CT molecular complexity index is 1010. The van der Waals surface area contributed by atoms with Crippen molar-refractivity contribution in [1.29, 1.82) is 0 Å². The maximum Gasteiger partial charge on any atom is 0.142 e. The van der Waals surface area contributed by atoms with Crippen molar-refractivity contribution >= 4 is 0 Å². The summed E-state index contributed by atoms with van der Waals surface area (Å²) >= 11 is 0. The van der Waals surface area contributed by atoms with Crippen LogP contribution in [0.4, 0.5) is 0 Å². The Morgan fingerprint density at radius 3 is 1.78 bits per heavy atom. The Labute approximate surface area is 160 Å². The summed E-state index contributed by atoms with van der Waals surface area (Å²) in [5.74, 6) is 2.69. The third-order valence-corrected chi connectivity index (χ3v) is 4.81. The van der Waals surface area contributed by atoms with Crippen LogP contribution in [-0.4, -0.2) is 7.11 Å². The van der Waals surface area contributed by atoms with E-state index in [2.05, 4.69) is 55.5 Å². The van der Waals surface area contributed by atoms with Gasteiger partial charge >= 0.3 is 0 Å². The molecule has 0 atom stereocenters. The molecule has 0 bridgehead atoms. The fourth-order valence-corrected chi connectivity index (χ4v) is 3.48. The molecule has 2 heteroatoms. The van der Waals surface area contributed by atoms with E-state index >= 15 is 0 Å². The molecule has 0 saturated carbocycles. The molecule has 0 amide bonds. The van der Waals surface area contributed by atoms with Crippen molar-refractivity contribution in [1.82, 2.24) is 0 Å². The topological polar surface area (TPSA) is 22.4 Å². The predicted octanol–water partition coefficient (Wildman–Crippen LogP) is 6.85. The minimum atomic E-state index is 0.838. The van der Waals surface area contributed by atoms with Crippen LogP contribution in [0.1, 0.15) is 12.5 Å². The highest BCUT2D eigenvalue weighted by Gasteiger charge is 2.22. The lowest BCUT2D eigenvalue weighted by molar-refractivity contribution is 0.415. The number of furan rings is 1. The van der Waals surface area contributed by atoms with E-state index in [0.717, 1.165) is 34.8 Å². The second kappa shape index (κ2) is 7.55. The van der Waals surface area contributed by atoms with Crippen LogP contribution in [0.2, 0.25) is 0 Å². The molecular weight excluding hydrogens is 332 g/mol. The van der Waals surface area contributed by atoms with Crippen molar-refractivity contribution in [3.8, 4) is 39.5 Å². The number of rotatable bonds is 5. The first kappa shape index (κ1) is 17.2. The van der Waals surface area contributed by atoms with Gasteiger partial charge in [-0.05, 0) is 36.2 Å². The molecule has 0 aliphatic carbocycles. The first-order valence-corrected chi connectivity index (χ1v) is 9.22. The zero-order valence-corrected chi connectivity index (χ0v) is 15.6. The van der Waals surface area contributed by atoms with Crippen LogP contribution in [0.15, 0.2) is 89.3 Å². The van der Waals surface area contributed by atoms with E-state index in [0.29, 0.717) is 0 Å². The molecule has 0 spiro atoms. The second-order valence-corrected chi connectivity index (χ2v) is 6.43. The molecule has 0 aliphatic heterocycles. The van der Waals surface area contributed by atoms with Gasteiger partial charge in [0.15, 0.2) is 0 Å². The van der Waals surface area contributed by atoms with E-state index in [1.165, 1.54) is 16.7 Å². The molecule has 1 aromatic heterocycles. The lowest BCUT2D eigenvalue weighted by Crippen LogP contribution is -1.88. The largest absolute Gasteiger partial charge is 0.497 e. The minimum absolute atomic E-state index is 0.838. The third kappa shape index (κ3) is 3.26. The summed E-state index contributed by atoms with van der Waals surface area (Å²) in [6.45, 7) is 2.18. The standard InChI is InChI=1S/C25H22O2/c1-3-22-23(18-10-6-4-7-11-18)25(20-14-16-21(26-2)17-15-20)27-24(22)19-12-8-5-9-13-19/h4-17H,3H2,1-2H3. The molecule has 0 unspecified atom stereocenters. The maximum atomic E-state index is 6.50. The Kier molecular flexibility index (Phi) is 4.80. The Morgan fingerprint density at radius 1 is 0.667 bits per heavy atom. The predicted molar refractivity (Wildman–Crippen MR) is 111 cm³/mol. The molecule has 0 aliphatic rings. The van der Waals surface area contributed by atoms with Gasteiger partial charge in [-0.15, -0.1) is 0 Å². The van der Waals surface area contributed by atoms with Crippen LogP contribution in [0.5, 0.6) is 5.75 Å². The van der Waals surface area contributed by atoms with Crippen LogP contribution in [0.3, 0.4) is 0 Å². The molecule has 134 valence electrons. The van der Waals surface area contributed by atoms with E-state index in [9.17, 15) is 0 Å². The highest BCUT2D eigenvalue weighted by Crippen LogP contribution is 2.43. The molecular formula is C25H22O2. The Hall–Kier alpha value is -3.26. The lowest BCUT2D eigenvalue weighted by atomic mass is 9.94. The van der Waals surface area contributed by atoms with Crippen LogP contribution < -0.4 is 4.74 Å². The Morgan fingerprint density at radius 2 is 1.22 bits per heavy atom. The molecule has 0 radical (unpaired) electrons. The van der Waals surface area contributed by atoms with Crippen LogP contribution in [-0.2, 0) is 6.42 Å². The fraction of sp³-hybridized carbons (Fsp3) is 0.120. The molecule has 3 aromatic carbocycles. The molecule has 27 heavy (non-hydrogen) atoms. The van der Waals surface area contributed by atoms with Gasteiger partial charge in [-0.3, -0.25) is 0 Å². The monoisotopic (exact) mass is 354 g/mol. The summed E-state index contributed by atoms with van der Waals surface area (Å²) in [5.41, 5.74) is 5.73. The van der Waals surface area contributed by atoms with E-state index in [1.54, 1.807) is 7.11 Å². The summed E-state index contributed by atoms with van der Waals surface area (Å²) in [4.78, 5) is 0. The molecule has 0 N–H and O–H groups in total. The van der Waals surface area contributed by atoms with Gasteiger partial charge in [0.05, 0.1) is 7.11 Å². The lowest BCUT2D eigenvalue weighted by Gasteiger charge is -2.07. The van der Waals surface area contributed by atoms with Gasteiger partial charge in [-0.25, -0.2) is 0 Å². The van der Waals surface area contributed by atoms with Crippen molar-refractivity contribution in [2.24, 2.45) is 0 Å². The van der Waals surface area contributed by atoms with Crippen LogP contribution >= 0.6 is 0 Å². The molecule has 2 nitrogen and oxygen atoms in total. The highest BCUT2D eigenvalue weighted by molar-refractivity contribution is 5.87. The summed E-state index contributed by atoms with van der Waals surface area (Å²) in [7, 11) is 1.68. The van der Waals surface area contributed by atoms with Gasteiger partial charge in [0.2, 0.25) is 0 Å². The van der Waals surface area contributed by atoms with Gasteiger partial charge < -0.3 is 9.15 Å². The Balaban J connectivity index is 1.97. The third-order valence-electron chi connectivity index (χ3n) is 4.81. The zero-order valence-electron chi connectivity index (χ0n) is 15.6. The number of hydrogen-bond donors (Lipinski definition) is 0. The summed E-state index contributed by atoms with van der Waals surface area (Å²) < 4.78 is 11.8. The molecule has 4 rings (SSSR count). The van der Waals surface area contributed by atoms with Gasteiger partial charge in [0.1, 0.15) is 17.3 Å². The smallest absolute Gasteiger partial charge is 0.142 e. The van der Waals surface area contributed by atoms with Gasteiger partial charge in [0.25, 0.3) is 0 Å². The number of benzene rings is 3. The quantitative estimate of drug-likeness (QED) is 0.391. The van der Waals surface area contributed by atoms with Crippen LogP contribution in [0, 0.1) is 0 Å². The fourth-order valence-electron chi connectivity index (χ4n) is 3.48. The van der Waals surface area contributed by atoms with E-state index in [4.69, 9.17) is 9.15 Å². The normalized spacial score (nSPS) is 10.7. The number of hydrogen-bond acceptors (Lipinski definition) is 2. The summed E-state index contributed by atoms with van der Waals surface area (Å²) in [5, 5.41) is 0. The second-order valence-electron chi connectivity index (χ2n) is 6.43. The number of methoxy groups -OCH3 is 1. The highest BCUT2D eigenvalue weighted by atomic mass is 16.5. The maximum absolute atomic E-state index is 6.50. The van der Waals surface area contributed by atoms with E-state index < -0.39 is 0 Å². The molecule has 0 saturated heterocycles. The van der Waals surface area contributed by atoms with Crippen molar-refractivity contribution in [2.75, 3.05) is 7.11 Å². The van der Waals surface area contributed by atoms with Crippen LogP contribution in [0.25, 0.3) is 33.8 Å². The van der Waals surface area contributed by atoms with Gasteiger partial charge in [-0.2, -0.15) is 0 Å². The van der Waals surface area contributed by atoms with Crippen molar-refractivity contribution < 1.29 is 9.15 Å². The molecule has 4 aromatic rings. The molecule has 1 heterocycles. The van der Waals surface area contributed by atoms with E-state index in [1.807, 2.05) is 36.4 Å². The van der Waals surface area contributed by atoms with Gasteiger partial charge in [0, 0.05) is 22.3 Å². The summed E-state index contributed by atoms with van der Waals surface area (Å²) in [6, 6.07) is 28.9. The van der Waals surface area contributed by atoms with Gasteiger partial charge in [-0.1, -0.05) is 67.6 Å². The average Bonchev–Trinajstić information content (AvgIpc) is 3.14. The van der Waals surface area contributed by atoms with Crippen molar-refractivity contribution in [3.05, 3.63) is 90.5 Å².